The summed E-state index contributed by atoms with van der Waals surface area (Å²) in [5, 5.41) is 4.28. The number of nitrogens with zero attached hydrogens (tertiary/aromatic N) is 3. The molecule has 5 nitrogen and oxygen atoms in total. The molecule has 5 heteroatoms. The number of hydrogen-bond donors (Lipinski definition) is 0. The van der Waals surface area contributed by atoms with Crippen LogP contribution in [0.25, 0.3) is 5.57 Å². The van der Waals surface area contributed by atoms with Gasteiger partial charge in [0.05, 0.1) is 6.20 Å². The normalized spacial score (nSPS) is 16.0. The van der Waals surface area contributed by atoms with E-state index in [0.29, 0.717) is 13.1 Å². The number of hydrogen-bond acceptors (Lipinski definition) is 3. The van der Waals surface area contributed by atoms with Gasteiger partial charge in [0.15, 0.2) is 0 Å². The number of carbonyl (C=O) groups is 1. The van der Waals surface area contributed by atoms with E-state index < -0.39 is 5.60 Å². The number of ether oxygens (including phenoxy) is 1. The van der Waals surface area contributed by atoms with Crippen molar-refractivity contribution >= 4 is 11.7 Å². The zero-order valence-electron chi connectivity index (χ0n) is 12.7. The van der Waals surface area contributed by atoms with E-state index in [4.69, 9.17) is 4.74 Å². The quantitative estimate of drug-likeness (QED) is 0.835. The van der Waals surface area contributed by atoms with Crippen LogP contribution in [0.2, 0.25) is 0 Å². The Labute approximate surface area is 120 Å². The zero-order valence-corrected chi connectivity index (χ0v) is 12.7. The molecule has 0 spiro atoms. The Morgan fingerprint density at radius 1 is 1.45 bits per heavy atom. The number of rotatable bonds is 2. The lowest BCUT2D eigenvalue weighted by atomic mass is 10.0. The zero-order chi connectivity index (χ0) is 14.8. The van der Waals surface area contributed by atoms with Gasteiger partial charge in [-0.05, 0) is 39.7 Å². The predicted octanol–water partition coefficient (Wildman–Crippen LogP) is 2.93. The van der Waals surface area contributed by atoms with Gasteiger partial charge in [0.1, 0.15) is 5.60 Å². The number of aromatic nitrogens is 2. The number of carbonyl (C=O) groups excluding carboxylic acids is 1. The third-order valence-corrected chi connectivity index (χ3v) is 3.19. The molecule has 0 aromatic carbocycles. The van der Waals surface area contributed by atoms with Crippen LogP contribution in [0.15, 0.2) is 18.5 Å². The maximum absolute atomic E-state index is 12.0. The molecule has 1 aliphatic rings. The van der Waals surface area contributed by atoms with Crippen LogP contribution in [0.1, 0.15) is 39.7 Å². The van der Waals surface area contributed by atoms with E-state index in [-0.39, 0.29) is 6.09 Å². The Bertz CT molecular complexity index is 511. The van der Waals surface area contributed by atoms with Crippen molar-refractivity contribution in [3.63, 3.8) is 0 Å². The summed E-state index contributed by atoms with van der Waals surface area (Å²) in [5.74, 6) is 0. The fraction of sp³-hybridized carbons (Fsp3) is 0.600. The molecule has 0 N–H and O–H groups in total. The number of aryl methyl sites for hydroxylation is 1. The lowest BCUT2D eigenvalue weighted by Gasteiger charge is -2.29. The third-order valence-electron chi connectivity index (χ3n) is 3.19. The van der Waals surface area contributed by atoms with Crippen molar-refractivity contribution in [2.24, 2.45) is 0 Å². The Kier molecular flexibility index (Phi) is 4.16. The lowest BCUT2D eigenvalue weighted by Crippen LogP contribution is -2.39. The van der Waals surface area contributed by atoms with Gasteiger partial charge in [-0.1, -0.05) is 6.08 Å². The maximum Gasteiger partial charge on any atom is 0.410 e. The van der Waals surface area contributed by atoms with Crippen molar-refractivity contribution in [2.75, 3.05) is 13.1 Å². The molecule has 20 heavy (non-hydrogen) atoms. The maximum atomic E-state index is 12.0. The van der Waals surface area contributed by atoms with Crippen LogP contribution in [0.4, 0.5) is 4.79 Å². The van der Waals surface area contributed by atoms with Gasteiger partial charge in [-0.25, -0.2) is 4.79 Å². The molecular formula is C15H23N3O2. The first kappa shape index (κ1) is 14.6. The molecule has 0 aliphatic carbocycles. The summed E-state index contributed by atoms with van der Waals surface area (Å²) < 4.78 is 7.29. The minimum absolute atomic E-state index is 0.239. The summed E-state index contributed by atoms with van der Waals surface area (Å²) in [6.45, 7) is 9.88. The highest BCUT2D eigenvalue weighted by atomic mass is 16.6. The highest BCUT2D eigenvalue weighted by Gasteiger charge is 2.24. The van der Waals surface area contributed by atoms with Crippen molar-refractivity contribution in [3.05, 3.63) is 24.0 Å². The first-order valence-electron chi connectivity index (χ1n) is 7.09. The molecule has 110 valence electrons. The van der Waals surface area contributed by atoms with Gasteiger partial charge in [-0.3, -0.25) is 4.68 Å². The van der Waals surface area contributed by atoms with Crippen LogP contribution in [0, 0.1) is 0 Å². The van der Waals surface area contributed by atoms with E-state index in [9.17, 15) is 4.79 Å². The molecule has 1 aliphatic heterocycles. The van der Waals surface area contributed by atoms with Crippen molar-refractivity contribution in [1.29, 1.82) is 0 Å². The summed E-state index contributed by atoms with van der Waals surface area (Å²) in [6, 6.07) is 0. The van der Waals surface area contributed by atoms with Crippen LogP contribution in [0.3, 0.4) is 0 Å². The molecule has 0 bridgehead atoms. The smallest absolute Gasteiger partial charge is 0.410 e. The standard InChI is InChI=1S/C15H23N3O2/c1-5-18-11-13(10-16-18)12-6-8-17(9-7-12)14(19)20-15(2,3)4/h6,10-11H,5,7-9H2,1-4H3. The lowest BCUT2D eigenvalue weighted by molar-refractivity contribution is 0.0270. The van der Waals surface area contributed by atoms with Crippen molar-refractivity contribution in [2.45, 2.75) is 46.3 Å². The molecule has 1 aromatic rings. The minimum Gasteiger partial charge on any atom is -0.444 e. The fourth-order valence-corrected chi connectivity index (χ4v) is 2.13. The van der Waals surface area contributed by atoms with Gasteiger partial charge in [-0.2, -0.15) is 5.10 Å². The first-order valence-corrected chi connectivity index (χ1v) is 7.09. The molecule has 0 saturated carbocycles. The van der Waals surface area contributed by atoms with Gasteiger partial charge in [0.25, 0.3) is 0 Å². The highest BCUT2D eigenvalue weighted by molar-refractivity contribution is 5.72. The van der Waals surface area contributed by atoms with Gasteiger partial charge >= 0.3 is 6.09 Å². The van der Waals surface area contributed by atoms with Crippen molar-refractivity contribution < 1.29 is 9.53 Å². The van der Waals surface area contributed by atoms with E-state index in [1.54, 1.807) is 4.90 Å². The molecule has 0 unspecified atom stereocenters. The molecule has 2 rings (SSSR count). The van der Waals surface area contributed by atoms with Crippen molar-refractivity contribution in [3.8, 4) is 0 Å². The van der Waals surface area contributed by atoms with Crippen LogP contribution < -0.4 is 0 Å². The monoisotopic (exact) mass is 277 g/mol. The second-order valence-electron chi connectivity index (χ2n) is 5.99. The Morgan fingerprint density at radius 3 is 2.70 bits per heavy atom. The molecular weight excluding hydrogens is 254 g/mol. The summed E-state index contributed by atoms with van der Waals surface area (Å²) in [4.78, 5) is 13.7. The SMILES string of the molecule is CCn1cc(C2=CCN(C(=O)OC(C)(C)C)CC2)cn1. The van der Waals surface area contributed by atoms with E-state index in [2.05, 4.69) is 24.3 Å². The fourth-order valence-electron chi connectivity index (χ4n) is 2.13. The van der Waals surface area contributed by atoms with Gasteiger partial charge in [-0.15, -0.1) is 0 Å². The van der Waals surface area contributed by atoms with Gasteiger partial charge in [0.2, 0.25) is 0 Å². The van der Waals surface area contributed by atoms with Gasteiger partial charge in [0, 0.05) is 31.4 Å². The Morgan fingerprint density at radius 2 is 2.20 bits per heavy atom. The first-order chi connectivity index (χ1) is 9.39. The van der Waals surface area contributed by atoms with Crippen LogP contribution in [-0.4, -0.2) is 39.5 Å². The molecule has 0 fully saturated rings. The predicted molar refractivity (Wildman–Crippen MR) is 78.3 cm³/mol. The summed E-state index contributed by atoms with van der Waals surface area (Å²) >= 11 is 0. The molecule has 1 amide bonds. The topological polar surface area (TPSA) is 47.4 Å². The van der Waals surface area contributed by atoms with E-state index in [1.807, 2.05) is 31.6 Å². The second kappa shape index (κ2) is 5.69. The summed E-state index contributed by atoms with van der Waals surface area (Å²) in [7, 11) is 0. The van der Waals surface area contributed by atoms with Gasteiger partial charge < -0.3 is 9.64 Å². The number of amides is 1. The van der Waals surface area contributed by atoms with Crippen LogP contribution in [-0.2, 0) is 11.3 Å². The molecule has 0 saturated heterocycles. The molecule has 2 heterocycles. The molecule has 0 radical (unpaired) electrons. The molecule has 1 aromatic heterocycles. The third kappa shape index (κ3) is 3.62. The van der Waals surface area contributed by atoms with Crippen LogP contribution in [0.5, 0.6) is 0 Å². The molecule has 0 atom stereocenters. The van der Waals surface area contributed by atoms with E-state index in [1.165, 1.54) is 5.57 Å². The van der Waals surface area contributed by atoms with Crippen molar-refractivity contribution in [1.82, 2.24) is 14.7 Å². The average molecular weight is 277 g/mol. The summed E-state index contributed by atoms with van der Waals surface area (Å²) in [6.07, 6.45) is 6.63. The highest BCUT2D eigenvalue weighted by Crippen LogP contribution is 2.23. The average Bonchev–Trinajstić information content (AvgIpc) is 2.85. The summed E-state index contributed by atoms with van der Waals surface area (Å²) in [5.41, 5.74) is 1.96. The largest absolute Gasteiger partial charge is 0.444 e. The minimum atomic E-state index is -0.441. The Balaban J connectivity index is 1.98. The van der Waals surface area contributed by atoms with Crippen LogP contribution >= 0.6 is 0 Å². The second-order valence-corrected chi connectivity index (χ2v) is 5.99. The van der Waals surface area contributed by atoms with E-state index in [0.717, 1.165) is 18.5 Å². The van der Waals surface area contributed by atoms with E-state index >= 15 is 0 Å². The Hall–Kier alpha value is -1.78.